The first-order valence-corrected chi connectivity index (χ1v) is 12.8. The van der Waals surface area contributed by atoms with Crippen molar-refractivity contribution in [1.29, 1.82) is 0 Å². The van der Waals surface area contributed by atoms with E-state index in [2.05, 4.69) is 44.6 Å². The van der Waals surface area contributed by atoms with Crippen LogP contribution in [0.15, 0.2) is 63.6 Å². The maximum atomic E-state index is 13.4. The number of hydrogen-bond donors (Lipinski definition) is 1. The zero-order valence-corrected chi connectivity index (χ0v) is 21.0. The van der Waals surface area contributed by atoms with Crippen molar-refractivity contribution < 1.29 is 13.7 Å². The standard InChI is InChI=1S/C25H27FN4O2S2/c1-4-31-15-5-14-30-16(2)21(22(27-25(30)33)17-8-12-20(34-3)13-9-17)24-28-23(29-32-24)18-6-10-19(26)11-7-18/h6-13,22H,4-5,14-15H2,1-3H3,(H,27,33). The average Bonchev–Trinajstić information content (AvgIpc) is 3.33. The fourth-order valence-electron chi connectivity index (χ4n) is 3.89. The molecule has 0 fully saturated rings. The molecule has 1 aromatic heterocycles. The van der Waals surface area contributed by atoms with Crippen molar-refractivity contribution in [2.45, 2.75) is 31.2 Å². The lowest BCUT2D eigenvalue weighted by molar-refractivity contribution is 0.141. The largest absolute Gasteiger partial charge is 0.382 e. The highest BCUT2D eigenvalue weighted by atomic mass is 32.2. The Morgan fingerprint density at radius 2 is 1.91 bits per heavy atom. The first kappa shape index (κ1) is 24.4. The lowest BCUT2D eigenvalue weighted by Crippen LogP contribution is -2.46. The number of benzene rings is 2. The Labute approximate surface area is 208 Å². The van der Waals surface area contributed by atoms with Crippen LogP contribution in [0.2, 0.25) is 0 Å². The van der Waals surface area contributed by atoms with Gasteiger partial charge < -0.3 is 19.5 Å². The summed E-state index contributed by atoms with van der Waals surface area (Å²) in [7, 11) is 0. The molecule has 1 aliphatic rings. The molecule has 0 bridgehead atoms. The van der Waals surface area contributed by atoms with Gasteiger partial charge in [-0.05, 0) is 80.7 Å². The Morgan fingerprint density at radius 1 is 1.18 bits per heavy atom. The second kappa shape index (κ2) is 11.1. The summed E-state index contributed by atoms with van der Waals surface area (Å²) in [6, 6.07) is 14.1. The van der Waals surface area contributed by atoms with Crippen LogP contribution >= 0.6 is 24.0 Å². The highest BCUT2D eigenvalue weighted by molar-refractivity contribution is 7.98. The van der Waals surface area contributed by atoms with Crippen LogP contribution in [0.1, 0.15) is 37.8 Å². The third-order valence-electron chi connectivity index (χ3n) is 5.68. The molecule has 1 aliphatic heterocycles. The van der Waals surface area contributed by atoms with Crippen LogP contribution in [0.3, 0.4) is 0 Å². The topological polar surface area (TPSA) is 63.4 Å². The van der Waals surface area contributed by atoms with Crippen LogP contribution in [-0.2, 0) is 4.74 Å². The number of ether oxygens (including phenoxy) is 1. The summed E-state index contributed by atoms with van der Waals surface area (Å²) in [6.45, 7) is 6.06. The maximum absolute atomic E-state index is 13.4. The zero-order valence-electron chi connectivity index (χ0n) is 19.4. The number of nitrogens with one attached hydrogen (secondary N) is 1. The molecular weight excluding hydrogens is 471 g/mol. The number of halogens is 1. The average molecular weight is 499 g/mol. The summed E-state index contributed by atoms with van der Waals surface area (Å²) in [5.41, 5.74) is 3.55. The van der Waals surface area contributed by atoms with Gasteiger partial charge in [-0.25, -0.2) is 4.39 Å². The van der Waals surface area contributed by atoms with E-state index in [1.165, 1.54) is 17.0 Å². The Hall–Kier alpha value is -2.75. The second-order valence-electron chi connectivity index (χ2n) is 7.79. The highest BCUT2D eigenvalue weighted by Gasteiger charge is 2.33. The van der Waals surface area contributed by atoms with Crippen LogP contribution in [0.5, 0.6) is 0 Å². The van der Waals surface area contributed by atoms with Gasteiger partial charge in [0.1, 0.15) is 5.82 Å². The predicted molar refractivity (Wildman–Crippen MR) is 137 cm³/mol. The van der Waals surface area contributed by atoms with Gasteiger partial charge in [-0.2, -0.15) is 4.98 Å². The van der Waals surface area contributed by atoms with E-state index in [1.54, 1.807) is 23.9 Å². The molecule has 1 N–H and O–H groups in total. The van der Waals surface area contributed by atoms with Crippen molar-refractivity contribution in [3.63, 3.8) is 0 Å². The SMILES string of the molecule is CCOCCCN1C(=S)NC(c2ccc(SC)cc2)C(c2nc(-c3ccc(F)cc3)no2)=C1C. The number of nitrogens with zero attached hydrogens (tertiary/aromatic N) is 3. The Morgan fingerprint density at radius 3 is 2.59 bits per heavy atom. The first-order valence-electron chi connectivity index (χ1n) is 11.1. The van der Waals surface area contributed by atoms with Gasteiger partial charge in [0.05, 0.1) is 11.6 Å². The Kier molecular flexibility index (Phi) is 7.97. The van der Waals surface area contributed by atoms with Crippen LogP contribution in [0.25, 0.3) is 17.0 Å². The van der Waals surface area contributed by atoms with Crippen LogP contribution in [0.4, 0.5) is 4.39 Å². The van der Waals surface area contributed by atoms with E-state index in [1.807, 2.05) is 20.1 Å². The summed E-state index contributed by atoms with van der Waals surface area (Å²) in [4.78, 5) is 7.90. The van der Waals surface area contributed by atoms with Crippen molar-refractivity contribution >= 4 is 34.7 Å². The first-order chi connectivity index (χ1) is 16.5. The van der Waals surface area contributed by atoms with Gasteiger partial charge in [-0.3, -0.25) is 0 Å². The van der Waals surface area contributed by atoms with Gasteiger partial charge in [0.15, 0.2) is 5.11 Å². The molecule has 9 heteroatoms. The minimum absolute atomic E-state index is 0.243. The van der Waals surface area contributed by atoms with Crippen LogP contribution < -0.4 is 5.32 Å². The minimum atomic E-state index is -0.313. The molecule has 6 nitrogen and oxygen atoms in total. The fraction of sp³-hybridized carbons (Fsp3) is 0.320. The molecular formula is C25H27FN4O2S2. The molecule has 3 aromatic rings. The molecule has 0 saturated heterocycles. The van der Waals surface area contributed by atoms with Crippen LogP contribution in [-0.4, -0.2) is 46.2 Å². The Bertz CT molecular complexity index is 1160. The number of aromatic nitrogens is 2. The minimum Gasteiger partial charge on any atom is -0.382 e. The molecule has 178 valence electrons. The zero-order chi connectivity index (χ0) is 24.1. The molecule has 0 spiro atoms. The molecule has 0 aliphatic carbocycles. The maximum Gasteiger partial charge on any atom is 0.258 e. The summed E-state index contributed by atoms with van der Waals surface area (Å²) in [5.74, 6) is 0.496. The predicted octanol–water partition coefficient (Wildman–Crippen LogP) is 5.69. The molecule has 0 amide bonds. The summed E-state index contributed by atoms with van der Waals surface area (Å²) in [6.07, 6.45) is 2.88. The van der Waals surface area contributed by atoms with E-state index < -0.39 is 0 Å². The smallest absolute Gasteiger partial charge is 0.258 e. The summed E-state index contributed by atoms with van der Waals surface area (Å²) >= 11 is 7.43. The van der Waals surface area contributed by atoms with Crippen molar-refractivity contribution in [2.24, 2.45) is 0 Å². The molecule has 4 rings (SSSR count). The van der Waals surface area contributed by atoms with Gasteiger partial charge in [0, 0.05) is 35.9 Å². The Balaban J connectivity index is 1.72. The van der Waals surface area contributed by atoms with E-state index in [4.69, 9.17) is 21.5 Å². The summed E-state index contributed by atoms with van der Waals surface area (Å²) < 4.78 is 24.6. The van der Waals surface area contributed by atoms with Crippen LogP contribution in [0, 0.1) is 5.82 Å². The van der Waals surface area contributed by atoms with Crippen molar-refractivity contribution in [1.82, 2.24) is 20.4 Å². The highest BCUT2D eigenvalue weighted by Crippen LogP contribution is 2.38. The number of rotatable bonds is 9. The molecule has 2 heterocycles. The summed E-state index contributed by atoms with van der Waals surface area (Å²) in [5, 5.41) is 8.29. The monoisotopic (exact) mass is 498 g/mol. The van der Waals surface area contributed by atoms with E-state index in [0.717, 1.165) is 23.3 Å². The normalized spacial score (nSPS) is 16.2. The van der Waals surface area contributed by atoms with Gasteiger partial charge >= 0.3 is 0 Å². The van der Waals surface area contributed by atoms with Crippen molar-refractivity contribution in [3.05, 3.63) is 71.5 Å². The number of allylic oxidation sites excluding steroid dienone is 1. The number of thiocarbonyl (C=S) groups is 1. The van der Waals surface area contributed by atoms with Gasteiger partial charge in [-0.1, -0.05) is 17.3 Å². The lowest BCUT2D eigenvalue weighted by Gasteiger charge is -2.37. The van der Waals surface area contributed by atoms with E-state index >= 15 is 0 Å². The van der Waals surface area contributed by atoms with Crippen molar-refractivity contribution in [3.8, 4) is 11.4 Å². The van der Waals surface area contributed by atoms with E-state index in [-0.39, 0.29) is 11.9 Å². The third-order valence-corrected chi connectivity index (χ3v) is 6.76. The van der Waals surface area contributed by atoms with Crippen molar-refractivity contribution in [2.75, 3.05) is 26.0 Å². The fourth-order valence-corrected chi connectivity index (χ4v) is 4.65. The molecule has 2 aromatic carbocycles. The van der Waals surface area contributed by atoms with Gasteiger partial charge in [-0.15, -0.1) is 11.8 Å². The lowest BCUT2D eigenvalue weighted by atomic mass is 9.95. The van der Waals surface area contributed by atoms with E-state index in [9.17, 15) is 4.39 Å². The number of thioether (sulfide) groups is 1. The third kappa shape index (κ3) is 5.32. The molecule has 0 saturated carbocycles. The molecule has 1 atom stereocenters. The number of hydrogen-bond acceptors (Lipinski definition) is 6. The molecule has 0 radical (unpaired) electrons. The quantitative estimate of drug-likeness (QED) is 0.229. The van der Waals surface area contributed by atoms with Gasteiger partial charge in [0.2, 0.25) is 5.82 Å². The molecule has 34 heavy (non-hydrogen) atoms. The molecule has 1 unspecified atom stereocenters. The second-order valence-corrected chi connectivity index (χ2v) is 9.05. The van der Waals surface area contributed by atoms with E-state index in [0.29, 0.717) is 42.1 Å². The van der Waals surface area contributed by atoms with Gasteiger partial charge in [0.25, 0.3) is 5.89 Å².